The van der Waals surface area contributed by atoms with E-state index >= 15 is 0 Å². The van der Waals surface area contributed by atoms with E-state index in [1.807, 2.05) is 11.8 Å². The Morgan fingerprint density at radius 3 is 2.86 bits per heavy atom. The summed E-state index contributed by atoms with van der Waals surface area (Å²) in [4.78, 5) is 2.25. The first-order chi connectivity index (χ1) is 3.39. The normalized spacial score (nSPS) is 25.3. The van der Waals surface area contributed by atoms with Crippen LogP contribution in [-0.2, 0) is 0 Å². The summed E-state index contributed by atoms with van der Waals surface area (Å²) in [6.45, 7) is 3.46. The molecule has 1 saturated heterocycles. The summed E-state index contributed by atoms with van der Waals surface area (Å²) in [5, 5.41) is 0. The van der Waals surface area contributed by atoms with Gasteiger partial charge in [0.15, 0.2) is 0 Å². The molecule has 0 aromatic rings. The Hall–Kier alpha value is 0.310. The van der Waals surface area contributed by atoms with E-state index < -0.39 is 0 Å². The van der Waals surface area contributed by atoms with E-state index in [1.54, 1.807) is 0 Å². The van der Waals surface area contributed by atoms with Gasteiger partial charge in [-0.15, -0.1) is 0 Å². The molecule has 1 rings (SSSR count). The Morgan fingerprint density at radius 1 is 1.71 bits per heavy atom. The van der Waals surface area contributed by atoms with Crippen LogP contribution in [0.1, 0.15) is 0 Å². The summed E-state index contributed by atoms with van der Waals surface area (Å²) in [5.41, 5.74) is 0. The fourth-order valence-corrected chi connectivity index (χ4v) is 1.51. The van der Waals surface area contributed by atoms with Crippen molar-refractivity contribution in [2.75, 3.05) is 25.1 Å². The lowest BCUT2D eigenvalue weighted by molar-refractivity contribution is 0.433. The van der Waals surface area contributed by atoms with Gasteiger partial charge in [-0.25, -0.2) is 0 Å². The molecule has 1 heterocycles. The second kappa shape index (κ2) is 2.58. The van der Waals surface area contributed by atoms with E-state index in [-0.39, 0.29) is 0 Å². The van der Waals surface area contributed by atoms with Gasteiger partial charge in [-0.2, -0.15) is 11.8 Å². The molecule has 7 heavy (non-hydrogen) atoms. The van der Waals surface area contributed by atoms with E-state index in [1.165, 1.54) is 18.1 Å². The minimum atomic E-state index is 1.20. The average Bonchev–Trinajstić information content (AvgIpc) is 1.69. The van der Waals surface area contributed by atoms with Gasteiger partial charge in [0.25, 0.3) is 0 Å². The molecular formula is C5H10NS. The lowest BCUT2D eigenvalue weighted by Gasteiger charge is -2.19. The van der Waals surface area contributed by atoms with Gasteiger partial charge >= 0.3 is 0 Å². The molecule has 1 radical (unpaired) electrons. The highest BCUT2D eigenvalue weighted by atomic mass is 32.2. The lowest BCUT2D eigenvalue weighted by atomic mass is 10.6. The lowest BCUT2D eigenvalue weighted by Crippen LogP contribution is -2.23. The third-order valence-corrected chi connectivity index (χ3v) is 1.95. The van der Waals surface area contributed by atoms with E-state index in [4.69, 9.17) is 0 Å². The highest BCUT2D eigenvalue weighted by molar-refractivity contribution is 7.99. The quantitative estimate of drug-likeness (QED) is 0.461. The van der Waals surface area contributed by atoms with Crippen molar-refractivity contribution in [3.63, 3.8) is 0 Å². The predicted molar refractivity (Wildman–Crippen MR) is 34.3 cm³/mol. The fourth-order valence-electron chi connectivity index (χ4n) is 0.563. The van der Waals surface area contributed by atoms with Crippen molar-refractivity contribution in [2.24, 2.45) is 0 Å². The van der Waals surface area contributed by atoms with Gasteiger partial charge in [0.05, 0.1) is 0 Å². The average molecular weight is 116 g/mol. The molecule has 0 saturated carbocycles. The molecular weight excluding hydrogens is 106 g/mol. The molecule has 0 atom stereocenters. The number of thioether (sulfide) groups is 1. The van der Waals surface area contributed by atoms with Gasteiger partial charge in [0.1, 0.15) is 0 Å². The molecule has 1 nitrogen and oxygen atoms in total. The maximum atomic E-state index is 2.25. The summed E-state index contributed by atoms with van der Waals surface area (Å²) in [6.07, 6.45) is 0. The number of hydrogen-bond acceptors (Lipinski definition) is 2. The Bertz CT molecular complexity index is 50.0. The van der Waals surface area contributed by atoms with Crippen LogP contribution in [0.3, 0.4) is 0 Å². The molecule has 0 N–H and O–H groups in total. The number of nitrogens with zero attached hydrogens (tertiary/aromatic N) is 1. The van der Waals surface area contributed by atoms with Crippen molar-refractivity contribution < 1.29 is 0 Å². The van der Waals surface area contributed by atoms with E-state index in [2.05, 4.69) is 18.5 Å². The molecule has 0 amide bonds. The standard InChI is InChI=1S/C5H10NS/c1-6-2-4-7-5-3-6/h2H,3-5H2,1H3. The molecule has 0 aromatic heterocycles. The predicted octanol–water partition coefficient (Wildman–Crippen LogP) is 0.827. The van der Waals surface area contributed by atoms with Crippen LogP contribution in [0.25, 0.3) is 0 Å². The highest BCUT2D eigenvalue weighted by Crippen LogP contribution is 2.09. The van der Waals surface area contributed by atoms with Crippen molar-refractivity contribution in [3.05, 3.63) is 6.54 Å². The van der Waals surface area contributed by atoms with Crippen LogP contribution >= 0.6 is 11.8 Å². The first-order valence-corrected chi connectivity index (χ1v) is 3.66. The van der Waals surface area contributed by atoms with Gasteiger partial charge in [-0.05, 0) is 7.05 Å². The molecule has 0 aliphatic carbocycles. The largest absolute Gasteiger partial charge is 0.300 e. The van der Waals surface area contributed by atoms with Gasteiger partial charge in [0, 0.05) is 24.6 Å². The topological polar surface area (TPSA) is 3.24 Å². The van der Waals surface area contributed by atoms with E-state index in [0.29, 0.717) is 0 Å². The SMILES string of the molecule is CN1[CH]CSCC1. The Labute approximate surface area is 49.1 Å². The van der Waals surface area contributed by atoms with Gasteiger partial charge in [0.2, 0.25) is 0 Å². The second-order valence-corrected chi connectivity index (χ2v) is 2.89. The van der Waals surface area contributed by atoms with Crippen molar-refractivity contribution in [1.29, 1.82) is 0 Å². The zero-order chi connectivity index (χ0) is 5.11. The van der Waals surface area contributed by atoms with Crippen molar-refractivity contribution >= 4 is 11.8 Å². The van der Waals surface area contributed by atoms with Crippen LogP contribution in [0.2, 0.25) is 0 Å². The molecule has 1 fully saturated rings. The van der Waals surface area contributed by atoms with Crippen molar-refractivity contribution in [2.45, 2.75) is 0 Å². The smallest absolute Gasteiger partial charge is 0.0347 e. The maximum absolute atomic E-state index is 2.25. The summed E-state index contributed by atoms with van der Waals surface area (Å²) < 4.78 is 0. The molecule has 1 aliphatic heterocycles. The minimum Gasteiger partial charge on any atom is -0.300 e. The van der Waals surface area contributed by atoms with Gasteiger partial charge in [-0.1, -0.05) is 0 Å². The van der Waals surface area contributed by atoms with Crippen LogP contribution in [0.15, 0.2) is 0 Å². The molecule has 0 unspecified atom stereocenters. The van der Waals surface area contributed by atoms with E-state index in [9.17, 15) is 0 Å². The molecule has 0 spiro atoms. The molecule has 41 valence electrons. The second-order valence-electron chi connectivity index (χ2n) is 1.74. The molecule has 0 aromatic carbocycles. The highest BCUT2D eigenvalue weighted by Gasteiger charge is 2.03. The number of hydrogen-bond donors (Lipinski definition) is 0. The fraction of sp³-hybridized carbons (Fsp3) is 0.800. The van der Waals surface area contributed by atoms with Crippen LogP contribution < -0.4 is 0 Å². The third kappa shape index (κ3) is 1.70. The monoisotopic (exact) mass is 116 g/mol. The Balaban J connectivity index is 2.12. The third-order valence-electron chi connectivity index (χ3n) is 1.09. The molecule has 1 aliphatic rings. The van der Waals surface area contributed by atoms with Gasteiger partial charge in [-0.3, -0.25) is 0 Å². The summed E-state index contributed by atoms with van der Waals surface area (Å²) in [6, 6.07) is 0. The van der Waals surface area contributed by atoms with Gasteiger partial charge < -0.3 is 4.90 Å². The minimum absolute atomic E-state index is 1.20. The number of rotatable bonds is 0. The first-order valence-electron chi connectivity index (χ1n) is 2.51. The van der Waals surface area contributed by atoms with E-state index in [0.717, 1.165) is 0 Å². The molecule has 2 heteroatoms. The zero-order valence-electron chi connectivity index (χ0n) is 4.55. The summed E-state index contributed by atoms with van der Waals surface area (Å²) in [7, 11) is 2.12. The van der Waals surface area contributed by atoms with Crippen molar-refractivity contribution in [3.8, 4) is 0 Å². The Morgan fingerprint density at radius 2 is 2.57 bits per heavy atom. The van der Waals surface area contributed by atoms with Crippen LogP contribution in [0.4, 0.5) is 0 Å². The van der Waals surface area contributed by atoms with Crippen LogP contribution in [-0.4, -0.2) is 30.0 Å². The summed E-state index contributed by atoms with van der Waals surface area (Å²) in [5.74, 6) is 2.50. The van der Waals surface area contributed by atoms with Crippen LogP contribution in [0.5, 0.6) is 0 Å². The van der Waals surface area contributed by atoms with Crippen molar-refractivity contribution in [1.82, 2.24) is 4.90 Å². The van der Waals surface area contributed by atoms with Crippen LogP contribution in [0, 0.1) is 6.54 Å². The summed E-state index contributed by atoms with van der Waals surface area (Å²) >= 11 is 2.00. The Kier molecular flexibility index (Phi) is 2.00. The first kappa shape index (κ1) is 5.45. The zero-order valence-corrected chi connectivity index (χ0v) is 5.37. The molecule has 0 bridgehead atoms. The maximum Gasteiger partial charge on any atom is 0.0347 e.